The van der Waals surface area contributed by atoms with Crippen molar-refractivity contribution in [2.45, 2.75) is 0 Å². The highest BCUT2D eigenvalue weighted by Crippen LogP contribution is 2.21. The predicted molar refractivity (Wildman–Crippen MR) is 74.7 cm³/mol. The molecule has 1 N–H and O–H groups in total. The molecule has 2 aromatic rings. The summed E-state index contributed by atoms with van der Waals surface area (Å²) in [6.45, 7) is 0. The van der Waals surface area contributed by atoms with E-state index in [0.29, 0.717) is 10.6 Å². The fourth-order valence-electron chi connectivity index (χ4n) is 1.45. The van der Waals surface area contributed by atoms with E-state index in [1.165, 1.54) is 6.07 Å². The van der Waals surface area contributed by atoms with E-state index in [4.69, 9.17) is 18.0 Å². The van der Waals surface area contributed by atoms with Crippen LogP contribution in [0.2, 0.25) is 5.02 Å². The number of aromatic hydroxyl groups is 1. The van der Waals surface area contributed by atoms with Crippen molar-refractivity contribution in [3.05, 3.63) is 58.6 Å². The normalized spacial score (nSPS) is 10.4. The van der Waals surface area contributed by atoms with Crippen LogP contribution < -0.4 is 0 Å². The summed E-state index contributed by atoms with van der Waals surface area (Å²) in [4.78, 5) is 4.25. The molecule has 0 aliphatic heterocycles. The summed E-state index contributed by atoms with van der Waals surface area (Å²) < 4.78 is 0. The van der Waals surface area contributed by atoms with E-state index in [-0.39, 0.29) is 5.75 Å². The minimum atomic E-state index is 0.135. The molecule has 0 fully saturated rings. The molecule has 88 valence electrons. The first-order chi connectivity index (χ1) is 8.69. The predicted octanol–water partition coefficient (Wildman–Crippen LogP) is 3.78. The van der Waals surface area contributed by atoms with Crippen molar-refractivity contribution in [3.63, 3.8) is 0 Å². The third-order valence-corrected chi connectivity index (χ3v) is 2.59. The Morgan fingerprint density at radius 3 is 2.83 bits per heavy atom. The lowest BCUT2D eigenvalue weighted by molar-refractivity contribution is 0.474. The highest BCUT2D eigenvalue weighted by Gasteiger charge is 1.99. The molecule has 2 rings (SSSR count). The standard InChI is InChI=1S/C15H10ClNO/c1-2-11-4-3-5-14(8-11)17-10-12-9-13(16)6-7-15(12)18/h1,3-10,18H/b17-10+. The number of terminal acetylenes is 1. The van der Waals surface area contributed by atoms with Crippen molar-refractivity contribution < 1.29 is 5.11 Å². The van der Waals surface area contributed by atoms with Crippen LogP contribution in [-0.4, -0.2) is 11.3 Å². The minimum absolute atomic E-state index is 0.135. The zero-order valence-corrected chi connectivity index (χ0v) is 10.2. The van der Waals surface area contributed by atoms with E-state index < -0.39 is 0 Å². The van der Waals surface area contributed by atoms with Crippen LogP contribution >= 0.6 is 11.6 Å². The maximum absolute atomic E-state index is 9.63. The smallest absolute Gasteiger partial charge is 0.124 e. The Labute approximate surface area is 111 Å². The first-order valence-electron chi connectivity index (χ1n) is 5.28. The first kappa shape index (κ1) is 12.2. The van der Waals surface area contributed by atoms with Gasteiger partial charge in [0, 0.05) is 22.4 Å². The Balaban J connectivity index is 2.30. The van der Waals surface area contributed by atoms with E-state index >= 15 is 0 Å². The number of rotatable bonds is 2. The quantitative estimate of drug-likeness (QED) is 0.643. The van der Waals surface area contributed by atoms with Crippen molar-refractivity contribution in [3.8, 4) is 18.1 Å². The molecule has 0 saturated carbocycles. The third-order valence-electron chi connectivity index (χ3n) is 2.36. The Morgan fingerprint density at radius 2 is 2.06 bits per heavy atom. The molecule has 3 heteroatoms. The Morgan fingerprint density at radius 1 is 1.22 bits per heavy atom. The molecule has 0 radical (unpaired) electrons. The number of aliphatic imine (C=N–C) groups is 1. The Hall–Kier alpha value is -2.24. The van der Waals surface area contributed by atoms with E-state index in [2.05, 4.69) is 10.9 Å². The topological polar surface area (TPSA) is 32.6 Å². The third kappa shape index (κ3) is 2.91. The molecule has 0 unspecified atom stereocenters. The second kappa shape index (κ2) is 5.39. The average Bonchev–Trinajstić information content (AvgIpc) is 2.40. The van der Waals surface area contributed by atoms with Crippen LogP contribution in [0.3, 0.4) is 0 Å². The summed E-state index contributed by atoms with van der Waals surface area (Å²) >= 11 is 5.85. The summed E-state index contributed by atoms with van der Waals surface area (Å²) in [7, 11) is 0. The SMILES string of the molecule is C#Cc1cccc(/N=C/c2cc(Cl)ccc2O)c1. The fourth-order valence-corrected chi connectivity index (χ4v) is 1.63. The van der Waals surface area contributed by atoms with Crippen LogP contribution in [0.1, 0.15) is 11.1 Å². The van der Waals surface area contributed by atoms with Gasteiger partial charge in [0.25, 0.3) is 0 Å². The van der Waals surface area contributed by atoms with Crippen LogP contribution in [0.5, 0.6) is 5.75 Å². The van der Waals surface area contributed by atoms with Crippen molar-refractivity contribution in [1.29, 1.82) is 0 Å². The minimum Gasteiger partial charge on any atom is -0.507 e. The number of phenolic OH excluding ortho intramolecular Hbond substituents is 1. The first-order valence-corrected chi connectivity index (χ1v) is 5.66. The number of hydrogen-bond donors (Lipinski definition) is 1. The van der Waals surface area contributed by atoms with Gasteiger partial charge in [-0.2, -0.15) is 0 Å². The number of benzene rings is 2. The maximum atomic E-state index is 9.63. The van der Waals surface area contributed by atoms with Gasteiger partial charge in [-0.1, -0.05) is 23.6 Å². The summed E-state index contributed by atoms with van der Waals surface area (Å²) in [6.07, 6.45) is 6.86. The van der Waals surface area contributed by atoms with Crippen LogP contribution in [0.25, 0.3) is 0 Å². The van der Waals surface area contributed by atoms with Gasteiger partial charge in [-0.05, 0) is 36.4 Å². The van der Waals surface area contributed by atoms with E-state index in [9.17, 15) is 5.11 Å². The number of phenols is 1. The lowest BCUT2D eigenvalue weighted by Gasteiger charge is -1.99. The molecule has 0 spiro atoms. The van der Waals surface area contributed by atoms with Crippen molar-refractivity contribution in [1.82, 2.24) is 0 Å². The largest absolute Gasteiger partial charge is 0.507 e. The van der Waals surface area contributed by atoms with Gasteiger partial charge < -0.3 is 5.11 Å². The highest BCUT2D eigenvalue weighted by atomic mass is 35.5. The summed E-state index contributed by atoms with van der Waals surface area (Å²) in [5.41, 5.74) is 2.05. The van der Waals surface area contributed by atoms with Gasteiger partial charge in [-0.15, -0.1) is 6.42 Å². The van der Waals surface area contributed by atoms with E-state index in [1.807, 2.05) is 18.2 Å². The molecular weight excluding hydrogens is 246 g/mol. The highest BCUT2D eigenvalue weighted by molar-refractivity contribution is 6.30. The molecule has 0 amide bonds. The van der Waals surface area contributed by atoms with Gasteiger partial charge in [0.05, 0.1) is 5.69 Å². The molecule has 0 saturated heterocycles. The number of hydrogen-bond acceptors (Lipinski definition) is 2. The molecule has 0 aromatic heterocycles. The van der Waals surface area contributed by atoms with Crippen LogP contribution in [-0.2, 0) is 0 Å². The maximum Gasteiger partial charge on any atom is 0.124 e. The second-order valence-electron chi connectivity index (χ2n) is 3.66. The van der Waals surface area contributed by atoms with Gasteiger partial charge in [0.1, 0.15) is 5.75 Å². The van der Waals surface area contributed by atoms with Crippen LogP contribution in [0.4, 0.5) is 5.69 Å². The monoisotopic (exact) mass is 255 g/mol. The van der Waals surface area contributed by atoms with E-state index in [0.717, 1.165) is 11.3 Å². The molecule has 0 heterocycles. The van der Waals surface area contributed by atoms with Gasteiger partial charge in [-0.25, -0.2) is 0 Å². The molecular formula is C15H10ClNO. The average molecular weight is 256 g/mol. The summed E-state index contributed by atoms with van der Waals surface area (Å²) in [5.74, 6) is 2.68. The number of halogens is 1. The summed E-state index contributed by atoms with van der Waals surface area (Å²) in [6, 6.07) is 12.1. The number of nitrogens with zero attached hydrogens (tertiary/aromatic N) is 1. The van der Waals surface area contributed by atoms with E-state index in [1.54, 1.807) is 24.4 Å². The zero-order valence-electron chi connectivity index (χ0n) is 9.47. The molecule has 0 atom stereocenters. The van der Waals surface area contributed by atoms with Crippen molar-refractivity contribution >= 4 is 23.5 Å². The molecule has 2 aromatic carbocycles. The van der Waals surface area contributed by atoms with Crippen LogP contribution in [0.15, 0.2) is 47.5 Å². The second-order valence-corrected chi connectivity index (χ2v) is 4.09. The molecule has 0 bridgehead atoms. The fraction of sp³-hybridized carbons (Fsp3) is 0. The molecule has 0 aliphatic carbocycles. The summed E-state index contributed by atoms with van der Waals surface area (Å²) in [5, 5.41) is 10.2. The van der Waals surface area contributed by atoms with Crippen molar-refractivity contribution in [2.24, 2.45) is 4.99 Å². The molecule has 2 nitrogen and oxygen atoms in total. The Bertz CT molecular complexity index is 641. The van der Waals surface area contributed by atoms with Gasteiger partial charge >= 0.3 is 0 Å². The molecule has 18 heavy (non-hydrogen) atoms. The lowest BCUT2D eigenvalue weighted by Crippen LogP contribution is -1.82. The van der Waals surface area contributed by atoms with Gasteiger partial charge in [0.15, 0.2) is 0 Å². The van der Waals surface area contributed by atoms with Gasteiger partial charge in [0.2, 0.25) is 0 Å². The Kier molecular flexibility index (Phi) is 3.66. The lowest BCUT2D eigenvalue weighted by atomic mass is 10.2. The van der Waals surface area contributed by atoms with Crippen LogP contribution in [0, 0.1) is 12.3 Å². The van der Waals surface area contributed by atoms with Crippen molar-refractivity contribution in [2.75, 3.05) is 0 Å². The molecule has 0 aliphatic rings. The van der Waals surface area contributed by atoms with Gasteiger partial charge in [-0.3, -0.25) is 4.99 Å². The zero-order chi connectivity index (χ0) is 13.0.